The Bertz CT molecular complexity index is 902. The molecule has 0 spiro atoms. The molecule has 0 aromatic heterocycles. The molecular formula is C20H26N2O6S. The van der Waals surface area contributed by atoms with E-state index in [1.807, 2.05) is 0 Å². The molecule has 0 aliphatic rings. The van der Waals surface area contributed by atoms with E-state index >= 15 is 0 Å². The Balaban J connectivity index is 2.37. The number of hydrogen-bond donors (Lipinski definition) is 1. The van der Waals surface area contributed by atoms with Crippen LogP contribution >= 0.6 is 0 Å². The lowest BCUT2D eigenvalue weighted by atomic mass is 10.2. The van der Waals surface area contributed by atoms with E-state index in [1.54, 1.807) is 37.4 Å². The molecule has 2 aromatic carbocycles. The van der Waals surface area contributed by atoms with Gasteiger partial charge in [0.25, 0.3) is 10.0 Å². The summed E-state index contributed by atoms with van der Waals surface area (Å²) in [4.78, 5) is 12.5. The Morgan fingerprint density at radius 3 is 2.31 bits per heavy atom. The molecule has 0 saturated carbocycles. The average Bonchev–Trinajstić information content (AvgIpc) is 2.75. The predicted octanol–water partition coefficient (Wildman–Crippen LogP) is 2.05. The highest BCUT2D eigenvalue weighted by Crippen LogP contribution is 2.33. The van der Waals surface area contributed by atoms with Crippen LogP contribution in [0.4, 0.5) is 5.69 Å². The van der Waals surface area contributed by atoms with Gasteiger partial charge in [0.1, 0.15) is 6.54 Å². The van der Waals surface area contributed by atoms with Crippen molar-refractivity contribution in [3.63, 3.8) is 0 Å². The number of anilines is 1. The highest BCUT2D eigenvalue weighted by Gasteiger charge is 2.27. The molecule has 158 valence electrons. The van der Waals surface area contributed by atoms with Crippen molar-refractivity contribution >= 4 is 21.6 Å². The molecular weight excluding hydrogens is 396 g/mol. The average molecular weight is 423 g/mol. The molecule has 0 aliphatic carbocycles. The summed E-state index contributed by atoms with van der Waals surface area (Å²) >= 11 is 0. The van der Waals surface area contributed by atoms with E-state index in [-0.39, 0.29) is 11.4 Å². The molecule has 0 fully saturated rings. The lowest BCUT2D eigenvalue weighted by Gasteiger charge is -2.25. The predicted molar refractivity (Wildman–Crippen MR) is 110 cm³/mol. The van der Waals surface area contributed by atoms with Crippen LogP contribution in [0.5, 0.6) is 11.5 Å². The summed E-state index contributed by atoms with van der Waals surface area (Å²) in [6.07, 6.45) is 0.629. The fourth-order valence-corrected chi connectivity index (χ4v) is 4.08. The molecule has 8 nitrogen and oxygen atoms in total. The second-order valence-corrected chi connectivity index (χ2v) is 7.92. The zero-order chi connectivity index (χ0) is 21.3. The number of rotatable bonds is 11. The van der Waals surface area contributed by atoms with E-state index in [2.05, 4.69) is 5.32 Å². The molecule has 1 amide bonds. The fraction of sp³-hybridized carbons (Fsp3) is 0.350. The number of carbonyl (C=O) groups is 1. The van der Waals surface area contributed by atoms with E-state index < -0.39 is 15.9 Å². The number of nitrogens with one attached hydrogen (secondary N) is 1. The van der Waals surface area contributed by atoms with E-state index in [1.165, 1.54) is 32.4 Å². The van der Waals surface area contributed by atoms with E-state index in [4.69, 9.17) is 14.2 Å². The van der Waals surface area contributed by atoms with Crippen molar-refractivity contribution in [1.82, 2.24) is 5.32 Å². The molecule has 0 saturated heterocycles. The van der Waals surface area contributed by atoms with Crippen LogP contribution in [0.2, 0.25) is 0 Å². The Morgan fingerprint density at radius 2 is 1.69 bits per heavy atom. The molecule has 1 N–H and O–H groups in total. The maximum Gasteiger partial charge on any atom is 0.264 e. The van der Waals surface area contributed by atoms with Crippen LogP contribution in [-0.4, -0.2) is 55.4 Å². The minimum Gasteiger partial charge on any atom is -0.493 e. The standard InChI is InChI=1S/C20H26N2O6S/c1-26-13-7-12-21-20(23)15-22(29(24,25)17-8-5-4-6-9-17)16-10-11-18(27-2)19(14-16)28-3/h4-6,8-11,14H,7,12-13,15H2,1-3H3,(H,21,23). The summed E-state index contributed by atoms with van der Waals surface area (Å²) in [6.45, 7) is 0.513. The molecule has 29 heavy (non-hydrogen) atoms. The first-order valence-corrected chi connectivity index (χ1v) is 10.4. The van der Waals surface area contributed by atoms with Crippen molar-refractivity contribution in [1.29, 1.82) is 0 Å². The molecule has 2 aromatic rings. The molecule has 0 bridgehead atoms. The topological polar surface area (TPSA) is 94.2 Å². The molecule has 0 aliphatic heterocycles. The number of nitrogens with zero attached hydrogens (tertiary/aromatic N) is 1. The van der Waals surface area contributed by atoms with Gasteiger partial charge in [0.2, 0.25) is 5.91 Å². The number of hydrogen-bond acceptors (Lipinski definition) is 6. The molecule has 0 unspecified atom stereocenters. The second kappa shape index (κ2) is 10.7. The van der Waals surface area contributed by atoms with Gasteiger partial charge in [-0.25, -0.2) is 8.42 Å². The van der Waals surface area contributed by atoms with Crippen molar-refractivity contribution in [2.45, 2.75) is 11.3 Å². The third-order valence-corrected chi connectivity index (χ3v) is 5.91. The Kier molecular flexibility index (Phi) is 8.29. The van der Waals surface area contributed by atoms with Gasteiger partial charge >= 0.3 is 0 Å². The molecule has 9 heteroatoms. The van der Waals surface area contributed by atoms with Gasteiger partial charge in [-0.15, -0.1) is 0 Å². The SMILES string of the molecule is COCCCNC(=O)CN(c1ccc(OC)c(OC)c1)S(=O)(=O)c1ccccc1. The highest BCUT2D eigenvalue weighted by atomic mass is 32.2. The third-order valence-electron chi connectivity index (χ3n) is 4.12. The number of sulfonamides is 1. The number of methoxy groups -OCH3 is 3. The maximum absolute atomic E-state index is 13.3. The summed E-state index contributed by atoms with van der Waals surface area (Å²) in [5, 5.41) is 2.71. The van der Waals surface area contributed by atoms with Crippen molar-refractivity contribution < 1.29 is 27.4 Å². The van der Waals surface area contributed by atoms with Gasteiger partial charge in [0.05, 0.1) is 24.8 Å². The molecule has 0 radical (unpaired) electrons. The van der Waals surface area contributed by atoms with Gasteiger partial charge in [0, 0.05) is 26.3 Å². The summed E-state index contributed by atoms with van der Waals surface area (Å²) in [7, 11) is 0.547. The summed E-state index contributed by atoms with van der Waals surface area (Å²) < 4.78 is 43.0. The Hall–Kier alpha value is -2.78. The first-order valence-electron chi connectivity index (χ1n) is 8.99. The molecule has 0 atom stereocenters. The maximum atomic E-state index is 13.3. The van der Waals surface area contributed by atoms with Crippen molar-refractivity contribution in [3.05, 3.63) is 48.5 Å². The number of ether oxygens (including phenoxy) is 3. The van der Waals surface area contributed by atoms with Gasteiger partial charge < -0.3 is 19.5 Å². The van der Waals surface area contributed by atoms with Crippen molar-refractivity contribution in [2.75, 3.05) is 45.3 Å². The zero-order valence-corrected chi connectivity index (χ0v) is 17.6. The smallest absolute Gasteiger partial charge is 0.264 e. The van der Waals surface area contributed by atoms with E-state index in [0.717, 1.165) is 4.31 Å². The van der Waals surface area contributed by atoms with Crippen LogP contribution in [0.3, 0.4) is 0 Å². The van der Waals surface area contributed by atoms with Gasteiger partial charge in [-0.3, -0.25) is 9.10 Å². The summed E-state index contributed by atoms with van der Waals surface area (Å²) in [5.74, 6) is 0.395. The van der Waals surface area contributed by atoms with Gasteiger partial charge in [0.15, 0.2) is 11.5 Å². The van der Waals surface area contributed by atoms with Crippen LogP contribution in [-0.2, 0) is 19.6 Å². The summed E-state index contributed by atoms with van der Waals surface area (Å²) in [6, 6.07) is 12.6. The lowest BCUT2D eigenvalue weighted by Crippen LogP contribution is -2.41. The molecule has 0 heterocycles. The zero-order valence-electron chi connectivity index (χ0n) is 16.8. The fourth-order valence-electron chi connectivity index (χ4n) is 2.65. The Morgan fingerprint density at radius 1 is 1.00 bits per heavy atom. The number of amides is 1. The molecule has 2 rings (SSSR count). The first-order chi connectivity index (χ1) is 13.9. The highest BCUT2D eigenvalue weighted by molar-refractivity contribution is 7.92. The minimum absolute atomic E-state index is 0.0852. The van der Waals surface area contributed by atoms with Crippen LogP contribution < -0.4 is 19.1 Å². The van der Waals surface area contributed by atoms with Crippen molar-refractivity contribution in [3.8, 4) is 11.5 Å². The monoisotopic (exact) mass is 422 g/mol. The Labute approximate surface area is 171 Å². The van der Waals surface area contributed by atoms with Crippen LogP contribution in [0, 0.1) is 0 Å². The van der Waals surface area contributed by atoms with Gasteiger partial charge in [-0.05, 0) is 30.7 Å². The third kappa shape index (κ3) is 5.85. The number of carbonyl (C=O) groups excluding carboxylic acids is 1. The van der Waals surface area contributed by atoms with Gasteiger partial charge in [-0.1, -0.05) is 18.2 Å². The largest absolute Gasteiger partial charge is 0.493 e. The van der Waals surface area contributed by atoms with Crippen molar-refractivity contribution in [2.24, 2.45) is 0 Å². The lowest BCUT2D eigenvalue weighted by molar-refractivity contribution is -0.119. The number of benzene rings is 2. The van der Waals surface area contributed by atoms with E-state index in [0.29, 0.717) is 36.8 Å². The van der Waals surface area contributed by atoms with Crippen LogP contribution in [0.15, 0.2) is 53.4 Å². The summed E-state index contributed by atoms with van der Waals surface area (Å²) in [5.41, 5.74) is 0.290. The van der Waals surface area contributed by atoms with Crippen LogP contribution in [0.1, 0.15) is 6.42 Å². The minimum atomic E-state index is -3.98. The van der Waals surface area contributed by atoms with E-state index in [9.17, 15) is 13.2 Å². The van der Waals surface area contributed by atoms with Gasteiger partial charge in [-0.2, -0.15) is 0 Å². The normalized spacial score (nSPS) is 11.0. The first kappa shape index (κ1) is 22.5. The van der Waals surface area contributed by atoms with Crippen LogP contribution in [0.25, 0.3) is 0 Å². The second-order valence-electron chi connectivity index (χ2n) is 6.06. The quantitative estimate of drug-likeness (QED) is 0.557.